The Bertz CT molecular complexity index is 1660. The van der Waals surface area contributed by atoms with E-state index in [9.17, 15) is 0 Å². The van der Waals surface area contributed by atoms with Crippen molar-refractivity contribution in [1.29, 1.82) is 0 Å². The Hall–Kier alpha value is -4.29. The number of rotatable bonds is 9. The minimum absolute atomic E-state index is 0.696. The van der Waals surface area contributed by atoms with Crippen molar-refractivity contribution in [3.8, 4) is 22.5 Å². The second-order valence-electron chi connectivity index (χ2n) is 10.3. The molecule has 0 radical (unpaired) electrons. The first-order valence-corrected chi connectivity index (χ1v) is 13.8. The highest BCUT2D eigenvalue weighted by molar-refractivity contribution is 6.01. The summed E-state index contributed by atoms with van der Waals surface area (Å²) in [6.07, 6.45) is 17.3. The second-order valence-corrected chi connectivity index (χ2v) is 10.3. The summed E-state index contributed by atoms with van der Waals surface area (Å²) in [5, 5.41) is 13.5. The normalized spacial score (nSPS) is 15.0. The van der Waals surface area contributed by atoms with Crippen molar-refractivity contribution in [2.75, 3.05) is 13.1 Å². The summed E-state index contributed by atoms with van der Waals surface area (Å²) in [6.45, 7) is 8.03. The Morgan fingerprint density at radius 1 is 1.10 bits per heavy atom. The highest BCUT2D eigenvalue weighted by Crippen LogP contribution is 2.34. The molecule has 0 atom stereocenters. The van der Waals surface area contributed by atoms with Gasteiger partial charge in [0.2, 0.25) is 0 Å². The summed E-state index contributed by atoms with van der Waals surface area (Å²) in [4.78, 5) is 12.6. The van der Waals surface area contributed by atoms with Gasteiger partial charge in [-0.3, -0.25) is 10.1 Å². The van der Waals surface area contributed by atoms with Crippen LogP contribution in [0.25, 0.3) is 50.0 Å². The van der Waals surface area contributed by atoms with Crippen molar-refractivity contribution in [3.63, 3.8) is 0 Å². The van der Waals surface area contributed by atoms with E-state index in [2.05, 4.69) is 92.5 Å². The molecule has 0 aliphatic heterocycles. The third-order valence-corrected chi connectivity index (χ3v) is 7.80. The molecule has 0 saturated heterocycles. The van der Waals surface area contributed by atoms with Crippen LogP contribution in [-0.2, 0) is 0 Å². The number of benzene rings is 1. The van der Waals surface area contributed by atoms with Gasteiger partial charge in [0, 0.05) is 52.6 Å². The van der Waals surface area contributed by atoms with Crippen LogP contribution in [0.5, 0.6) is 0 Å². The highest BCUT2D eigenvalue weighted by atomic mass is 15.2. The van der Waals surface area contributed by atoms with E-state index in [1.165, 1.54) is 31.3 Å². The van der Waals surface area contributed by atoms with Crippen molar-refractivity contribution in [2.45, 2.75) is 32.6 Å². The van der Waals surface area contributed by atoms with E-state index in [0.29, 0.717) is 5.65 Å². The molecule has 4 heterocycles. The molecule has 6 rings (SSSR count). The Kier molecular flexibility index (Phi) is 7.19. The fraction of sp³-hybridized carbons (Fsp3) is 0.242. The Balaban J connectivity index is 1.30. The zero-order chi connectivity index (χ0) is 26.6. The molecule has 39 heavy (non-hydrogen) atoms. The van der Waals surface area contributed by atoms with Crippen LogP contribution < -0.4 is 5.32 Å². The lowest BCUT2D eigenvalue weighted by molar-refractivity contribution is 0.503. The Labute approximate surface area is 229 Å². The molecule has 0 spiro atoms. The van der Waals surface area contributed by atoms with E-state index in [0.717, 1.165) is 68.9 Å². The van der Waals surface area contributed by atoms with Crippen LogP contribution in [-0.4, -0.2) is 38.2 Å². The number of H-pyrrole nitrogens is 2. The van der Waals surface area contributed by atoms with Crippen LogP contribution in [0.15, 0.2) is 91.4 Å². The molecule has 5 aromatic rings. The second kappa shape index (κ2) is 11.2. The highest BCUT2D eigenvalue weighted by Gasteiger charge is 2.16. The molecule has 4 aromatic heterocycles. The predicted molar refractivity (Wildman–Crippen MR) is 161 cm³/mol. The van der Waals surface area contributed by atoms with Gasteiger partial charge in [0.25, 0.3) is 0 Å². The van der Waals surface area contributed by atoms with Crippen molar-refractivity contribution < 1.29 is 0 Å². The van der Waals surface area contributed by atoms with Crippen LogP contribution in [0.4, 0.5) is 0 Å². The summed E-state index contributed by atoms with van der Waals surface area (Å²) in [5.74, 6) is 0.813. The number of fused-ring (bicyclic) bond motifs is 2. The van der Waals surface area contributed by atoms with Crippen LogP contribution in [0.1, 0.15) is 38.2 Å². The zero-order valence-electron chi connectivity index (χ0n) is 22.4. The van der Waals surface area contributed by atoms with E-state index in [1.54, 1.807) is 6.20 Å². The van der Waals surface area contributed by atoms with E-state index in [1.807, 2.05) is 24.5 Å². The first-order valence-electron chi connectivity index (χ1n) is 13.8. The van der Waals surface area contributed by atoms with Gasteiger partial charge in [-0.25, -0.2) is 4.98 Å². The number of pyridine rings is 2. The lowest BCUT2D eigenvalue weighted by Gasteiger charge is -2.12. The standard InChI is InChI=1S/C33H34N6/c1-3-22(18-35-19-23-9-5-6-10-23)15-24(4-2)26-16-29-32(38-39-33(29)36-21-26)31-17-28-27(12-7-13-30(28)37-31)25-11-8-14-34-20-25/h3-4,7-8,11-17,20-21,23,35,37H,1,5-6,9-10,18-19H2,2H3,(H,36,38,39)/b22-15+,24-4+. The van der Waals surface area contributed by atoms with Gasteiger partial charge >= 0.3 is 0 Å². The van der Waals surface area contributed by atoms with Crippen LogP contribution in [0, 0.1) is 5.92 Å². The van der Waals surface area contributed by atoms with E-state index < -0.39 is 0 Å². The molecule has 1 aliphatic rings. The molecule has 1 saturated carbocycles. The maximum Gasteiger partial charge on any atom is 0.181 e. The molecule has 0 bridgehead atoms. The molecule has 3 N–H and O–H groups in total. The van der Waals surface area contributed by atoms with Crippen LogP contribution in [0.3, 0.4) is 0 Å². The van der Waals surface area contributed by atoms with Gasteiger partial charge in [-0.15, -0.1) is 0 Å². The zero-order valence-corrected chi connectivity index (χ0v) is 22.4. The summed E-state index contributed by atoms with van der Waals surface area (Å²) >= 11 is 0. The molecule has 196 valence electrons. The lowest BCUT2D eigenvalue weighted by Crippen LogP contribution is -2.23. The lowest BCUT2D eigenvalue weighted by atomic mass is 10.0. The van der Waals surface area contributed by atoms with Crippen molar-refractivity contribution in [2.24, 2.45) is 5.92 Å². The largest absolute Gasteiger partial charge is 0.353 e. The summed E-state index contributed by atoms with van der Waals surface area (Å²) in [7, 11) is 0. The summed E-state index contributed by atoms with van der Waals surface area (Å²) < 4.78 is 0. The molecule has 6 heteroatoms. The molecule has 0 amide bonds. The van der Waals surface area contributed by atoms with Gasteiger partial charge in [-0.1, -0.05) is 55.8 Å². The smallest absolute Gasteiger partial charge is 0.181 e. The first kappa shape index (κ1) is 25.0. The van der Waals surface area contributed by atoms with Crippen LogP contribution >= 0.6 is 0 Å². The maximum atomic E-state index is 4.69. The van der Waals surface area contributed by atoms with Gasteiger partial charge < -0.3 is 10.3 Å². The van der Waals surface area contributed by atoms with Gasteiger partial charge in [-0.05, 0) is 73.2 Å². The fourth-order valence-corrected chi connectivity index (χ4v) is 5.68. The topological polar surface area (TPSA) is 82.3 Å². The number of allylic oxidation sites excluding steroid dienone is 3. The number of aromatic amines is 2. The fourth-order valence-electron chi connectivity index (χ4n) is 5.68. The summed E-state index contributed by atoms with van der Waals surface area (Å²) in [5.41, 5.74) is 9.24. The number of nitrogens with zero attached hydrogens (tertiary/aromatic N) is 3. The number of nitrogens with one attached hydrogen (secondary N) is 3. The summed E-state index contributed by atoms with van der Waals surface area (Å²) in [6, 6.07) is 14.7. The van der Waals surface area contributed by atoms with Gasteiger partial charge in [0.1, 0.15) is 0 Å². The Morgan fingerprint density at radius 2 is 2.00 bits per heavy atom. The molecular formula is C33H34N6. The molecule has 1 aliphatic carbocycles. The number of hydrogen-bond acceptors (Lipinski definition) is 4. The maximum absolute atomic E-state index is 4.69. The minimum Gasteiger partial charge on any atom is -0.353 e. The number of hydrogen-bond donors (Lipinski definition) is 3. The SMILES string of the molecule is C=C/C(=C\C(=C/C)c1cnc2n[nH]c(-c3cc4c(-c5cccnc5)cccc4[nH]3)c2c1)CNCC1CCCC1. The average Bonchev–Trinajstić information content (AvgIpc) is 3.74. The third-order valence-electron chi connectivity index (χ3n) is 7.80. The van der Waals surface area contributed by atoms with Crippen molar-refractivity contribution >= 4 is 27.5 Å². The van der Waals surface area contributed by atoms with Gasteiger partial charge in [0.05, 0.1) is 11.4 Å². The van der Waals surface area contributed by atoms with E-state index >= 15 is 0 Å². The van der Waals surface area contributed by atoms with E-state index in [-0.39, 0.29) is 0 Å². The quantitative estimate of drug-likeness (QED) is 0.178. The average molecular weight is 515 g/mol. The van der Waals surface area contributed by atoms with Crippen molar-refractivity contribution in [3.05, 3.63) is 97.0 Å². The Morgan fingerprint density at radius 3 is 2.79 bits per heavy atom. The minimum atomic E-state index is 0.696. The van der Waals surface area contributed by atoms with Crippen molar-refractivity contribution in [1.82, 2.24) is 30.5 Å². The van der Waals surface area contributed by atoms with Gasteiger partial charge in [-0.2, -0.15) is 5.10 Å². The van der Waals surface area contributed by atoms with E-state index in [4.69, 9.17) is 0 Å². The molecule has 0 unspecified atom stereocenters. The molecule has 6 nitrogen and oxygen atoms in total. The monoisotopic (exact) mass is 514 g/mol. The molecular weight excluding hydrogens is 480 g/mol. The molecule has 1 fully saturated rings. The predicted octanol–water partition coefficient (Wildman–Crippen LogP) is 7.46. The van der Waals surface area contributed by atoms with Gasteiger partial charge in [0.15, 0.2) is 5.65 Å². The molecule has 1 aromatic carbocycles. The van der Waals surface area contributed by atoms with Crippen LogP contribution in [0.2, 0.25) is 0 Å². The first-order chi connectivity index (χ1) is 19.2. The number of aromatic nitrogens is 5. The third kappa shape index (κ3) is 5.20.